The van der Waals surface area contributed by atoms with Crippen molar-refractivity contribution in [1.82, 2.24) is 15.0 Å². The third kappa shape index (κ3) is 1.82. The minimum absolute atomic E-state index is 0.0783. The van der Waals surface area contributed by atoms with Crippen LogP contribution in [0.2, 0.25) is 0 Å². The standard InChI is InChI=1S/C9H12N4O/c1-13-5-8(11-12-13)4-9(10)7-2-3-14-6-7/h2-3,5-6,9H,4,10H2,1H3. The molecule has 74 valence electrons. The molecule has 5 heteroatoms. The van der Waals surface area contributed by atoms with Gasteiger partial charge in [-0.1, -0.05) is 5.21 Å². The van der Waals surface area contributed by atoms with Crippen molar-refractivity contribution in [2.45, 2.75) is 12.5 Å². The summed E-state index contributed by atoms with van der Waals surface area (Å²) in [5.74, 6) is 0. The van der Waals surface area contributed by atoms with E-state index in [9.17, 15) is 0 Å². The summed E-state index contributed by atoms with van der Waals surface area (Å²) < 4.78 is 6.62. The van der Waals surface area contributed by atoms with Gasteiger partial charge in [-0.2, -0.15) is 0 Å². The predicted octanol–water partition coefficient (Wildman–Crippen LogP) is 0.651. The molecule has 0 saturated carbocycles. The summed E-state index contributed by atoms with van der Waals surface area (Å²) >= 11 is 0. The quantitative estimate of drug-likeness (QED) is 0.775. The maximum atomic E-state index is 5.94. The number of aromatic nitrogens is 3. The van der Waals surface area contributed by atoms with E-state index in [1.807, 2.05) is 19.3 Å². The Morgan fingerprint density at radius 2 is 2.50 bits per heavy atom. The van der Waals surface area contributed by atoms with Crippen LogP contribution in [0.5, 0.6) is 0 Å². The molecule has 0 aromatic carbocycles. The summed E-state index contributed by atoms with van der Waals surface area (Å²) in [6.07, 6.45) is 5.81. The van der Waals surface area contributed by atoms with Crippen LogP contribution in [0.1, 0.15) is 17.3 Å². The van der Waals surface area contributed by atoms with Gasteiger partial charge in [0.05, 0.1) is 18.2 Å². The van der Waals surface area contributed by atoms with Gasteiger partial charge in [0.2, 0.25) is 0 Å². The Bertz CT molecular complexity index is 393. The first-order chi connectivity index (χ1) is 6.75. The van der Waals surface area contributed by atoms with Crippen LogP contribution in [0.4, 0.5) is 0 Å². The van der Waals surface area contributed by atoms with Gasteiger partial charge in [-0.15, -0.1) is 5.10 Å². The molecule has 0 bridgehead atoms. The van der Waals surface area contributed by atoms with Crippen molar-refractivity contribution >= 4 is 0 Å². The third-order valence-electron chi connectivity index (χ3n) is 2.05. The molecule has 0 aliphatic rings. The Morgan fingerprint density at radius 3 is 3.07 bits per heavy atom. The molecule has 2 rings (SSSR count). The smallest absolute Gasteiger partial charge is 0.0950 e. The zero-order valence-corrected chi connectivity index (χ0v) is 7.92. The monoisotopic (exact) mass is 192 g/mol. The van der Waals surface area contributed by atoms with Gasteiger partial charge < -0.3 is 10.2 Å². The number of hydrogen-bond acceptors (Lipinski definition) is 4. The molecule has 0 spiro atoms. The fraction of sp³-hybridized carbons (Fsp3) is 0.333. The second kappa shape index (κ2) is 3.63. The second-order valence-corrected chi connectivity index (χ2v) is 3.25. The SMILES string of the molecule is Cn1cc(CC(N)c2ccoc2)nn1. The van der Waals surface area contributed by atoms with Crippen LogP contribution in [0, 0.1) is 0 Å². The number of nitrogens with zero attached hydrogens (tertiary/aromatic N) is 3. The van der Waals surface area contributed by atoms with Crippen LogP contribution >= 0.6 is 0 Å². The van der Waals surface area contributed by atoms with E-state index in [0.717, 1.165) is 11.3 Å². The first kappa shape index (κ1) is 8.96. The molecule has 14 heavy (non-hydrogen) atoms. The molecular formula is C9H12N4O. The highest BCUT2D eigenvalue weighted by molar-refractivity contribution is 5.13. The van der Waals surface area contributed by atoms with Crippen LogP contribution in [0.3, 0.4) is 0 Å². The summed E-state index contributed by atoms with van der Waals surface area (Å²) in [4.78, 5) is 0. The van der Waals surface area contributed by atoms with E-state index in [1.165, 1.54) is 0 Å². The van der Waals surface area contributed by atoms with E-state index in [1.54, 1.807) is 17.2 Å². The van der Waals surface area contributed by atoms with Gasteiger partial charge in [0.1, 0.15) is 0 Å². The zero-order valence-electron chi connectivity index (χ0n) is 7.92. The van der Waals surface area contributed by atoms with Crippen molar-refractivity contribution < 1.29 is 4.42 Å². The molecule has 2 aromatic rings. The molecule has 5 nitrogen and oxygen atoms in total. The molecule has 2 heterocycles. The number of hydrogen-bond donors (Lipinski definition) is 1. The number of aryl methyl sites for hydroxylation is 1. The molecule has 0 amide bonds. The third-order valence-corrected chi connectivity index (χ3v) is 2.05. The Labute approximate surface area is 81.5 Å². The molecule has 0 aliphatic carbocycles. The first-order valence-electron chi connectivity index (χ1n) is 4.38. The molecule has 0 fully saturated rings. The van der Waals surface area contributed by atoms with Crippen LogP contribution in [0.25, 0.3) is 0 Å². The van der Waals surface area contributed by atoms with E-state index < -0.39 is 0 Å². The Morgan fingerprint density at radius 1 is 1.64 bits per heavy atom. The first-order valence-corrected chi connectivity index (χ1v) is 4.38. The average molecular weight is 192 g/mol. The van der Waals surface area contributed by atoms with Crippen molar-refractivity contribution in [1.29, 1.82) is 0 Å². The van der Waals surface area contributed by atoms with E-state index in [-0.39, 0.29) is 6.04 Å². The molecule has 1 unspecified atom stereocenters. The van der Waals surface area contributed by atoms with Gasteiger partial charge in [0.15, 0.2) is 0 Å². The summed E-state index contributed by atoms with van der Waals surface area (Å²) in [7, 11) is 1.83. The van der Waals surface area contributed by atoms with Gasteiger partial charge in [-0.25, -0.2) is 0 Å². The van der Waals surface area contributed by atoms with Crippen molar-refractivity contribution in [2.75, 3.05) is 0 Å². The Hall–Kier alpha value is -1.62. The van der Waals surface area contributed by atoms with E-state index in [2.05, 4.69) is 10.3 Å². The molecule has 2 aromatic heterocycles. The Balaban J connectivity index is 2.05. The van der Waals surface area contributed by atoms with Crippen molar-refractivity contribution in [3.63, 3.8) is 0 Å². The topological polar surface area (TPSA) is 69.9 Å². The number of rotatable bonds is 3. The highest BCUT2D eigenvalue weighted by Gasteiger charge is 2.10. The Kier molecular flexibility index (Phi) is 2.32. The molecule has 2 N–H and O–H groups in total. The maximum Gasteiger partial charge on any atom is 0.0950 e. The van der Waals surface area contributed by atoms with Crippen LogP contribution in [-0.4, -0.2) is 15.0 Å². The lowest BCUT2D eigenvalue weighted by Crippen LogP contribution is -2.12. The van der Waals surface area contributed by atoms with Crippen molar-refractivity contribution in [3.8, 4) is 0 Å². The summed E-state index contributed by atoms with van der Waals surface area (Å²) in [5.41, 5.74) is 7.82. The molecule has 0 aliphatic heterocycles. The lowest BCUT2D eigenvalue weighted by molar-refractivity contribution is 0.558. The van der Waals surface area contributed by atoms with Crippen molar-refractivity contribution in [2.24, 2.45) is 12.8 Å². The average Bonchev–Trinajstić information content (AvgIpc) is 2.75. The minimum atomic E-state index is -0.0783. The van der Waals surface area contributed by atoms with Crippen LogP contribution < -0.4 is 5.73 Å². The molecule has 0 saturated heterocycles. The van der Waals surface area contributed by atoms with E-state index >= 15 is 0 Å². The molecule has 0 radical (unpaired) electrons. The van der Waals surface area contributed by atoms with Gasteiger partial charge in [0.25, 0.3) is 0 Å². The lowest BCUT2D eigenvalue weighted by Gasteiger charge is -2.05. The molecule has 1 atom stereocenters. The van der Waals surface area contributed by atoms with E-state index in [4.69, 9.17) is 10.2 Å². The number of furan rings is 1. The highest BCUT2D eigenvalue weighted by Crippen LogP contribution is 2.14. The summed E-state index contributed by atoms with van der Waals surface area (Å²) in [6, 6.07) is 1.78. The second-order valence-electron chi connectivity index (χ2n) is 3.25. The number of nitrogens with two attached hydrogens (primary N) is 1. The summed E-state index contributed by atoms with van der Waals surface area (Å²) in [6.45, 7) is 0. The van der Waals surface area contributed by atoms with E-state index in [0.29, 0.717) is 6.42 Å². The normalized spacial score (nSPS) is 13.0. The lowest BCUT2D eigenvalue weighted by atomic mass is 10.1. The minimum Gasteiger partial charge on any atom is -0.472 e. The van der Waals surface area contributed by atoms with Gasteiger partial charge in [-0.05, 0) is 6.07 Å². The molecular weight excluding hydrogens is 180 g/mol. The van der Waals surface area contributed by atoms with Gasteiger partial charge >= 0.3 is 0 Å². The maximum absolute atomic E-state index is 5.94. The largest absolute Gasteiger partial charge is 0.472 e. The van der Waals surface area contributed by atoms with Crippen molar-refractivity contribution in [3.05, 3.63) is 36.0 Å². The van der Waals surface area contributed by atoms with Gasteiger partial charge in [0, 0.05) is 31.3 Å². The fourth-order valence-corrected chi connectivity index (χ4v) is 1.32. The fourth-order valence-electron chi connectivity index (χ4n) is 1.32. The zero-order chi connectivity index (χ0) is 9.97. The predicted molar refractivity (Wildman–Crippen MR) is 50.3 cm³/mol. The van der Waals surface area contributed by atoms with Crippen LogP contribution in [-0.2, 0) is 13.5 Å². The summed E-state index contributed by atoms with van der Waals surface area (Å²) in [5, 5.41) is 7.81. The van der Waals surface area contributed by atoms with Gasteiger partial charge in [-0.3, -0.25) is 4.68 Å². The van der Waals surface area contributed by atoms with Crippen LogP contribution in [0.15, 0.2) is 29.2 Å². The highest BCUT2D eigenvalue weighted by atomic mass is 16.3.